The summed E-state index contributed by atoms with van der Waals surface area (Å²) >= 11 is 2.61. The molecule has 0 N–H and O–H groups in total. The molecule has 1 saturated carbocycles. The van der Waals surface area contributed by atoms with Crippen LogP contribution in [0.3, 0.4) is 0 Å². The zero-order valence-corrected chi connectivity index (χ0v) is 9.64. The molecule has 0 aromatic heterocycles. The summed E-state index contributed by atoms with van der Waals surface area (Å²) in [5, 5.41) is 0. The maximum atomic E-state index is 2.61. The predicted molar refractivity (Wildman–Crippen MR) is 59.3 cm³/mol. The summed E-state index contributed by atoms with van der Waals surface area (Å²) in [7, 11) is 0. The Morgan fingerprint density at radius 2 is 1.91 bits per heavy atom. The minimum atomic E-state index is 0.940. The molecule has 1 aliphatic carbocycles. The quantitative estimate of drug-likeness (QED) is 0.531. The van der Waals surface area contributed by atoms with Gasteiger partial charge in [0.15, 0.2) is 0 Å². The average Bonchev–Trinajstić information content (AvgIpc) is 2.06. The summed E-state index contributed by atoms with van der Waals surface area (Å²) in [6, 6.07) is 0. The van der Waals surface area contributed by atoms with E-state index in [4.69, 9.17) is 0 Å². The van der Waals surface area contributed by atoms with Gasteiger partial charge in [0, 0.05) is 3.92 Å². The molecule has 66 valence electrons. The Morgan fingerprint density at radius 1 is 1.27 bits per heavy atom. The number of rotatable bonds is 3. The maximum absolute atomic E-state index is 2.61. The van der Waals surface area contributed by atoms with Crippen LogP contribution in [0, 0.1) is 5.92 Å². The van der Waals surface area contributed by atoms with Gasteiger partial charge < -0.3 is 0 Å². The number of hydrogen-bond acceptors (Lipinski definition) is 0. The van der Waals surface area contributed by atoms with Crippen molar-refractivity contribution >= 4 is 22.6 Å². The average molecular weight is 266 g/mol. The lowest BCUT2D eigenvalue weighted by Crippen LogP contribution is -2.11. The fraction of sp³-hybridized carbons (Fsp3) is 1.00. The van der Waals surface area contributed by atoms with Crippen molar-refractivity contribution in [2.45, 2.75) is 55.8 Å². The standard InChI is InChI=1S/C10H19I/c1-2-10(11)8-9-6-4-3-5-7-9/h9-10H,2-8H2,1H3. The van der Waals surface area contributed by atoms with Crippen LogP contribution >= 0.6 is 22.6 Å². The minimum absolute atomic E-state index is 0.940. The summed E-state index contributed by atoms with van der Waals surface area (Å²) in [6.07, 6.45) is 10.4. The van der Waals surface area contributed by atoms with Crippen LogP contribution in [0.1, 0.15) is 51.9 Å². The van der Waals surface area contributed by atoms with Gasteiger partial charge in [0.2, 0.25) is 0 Å². The van der Waals surface area contributed by atoms with Crippen molar-refractivity contribution in [3.8, 4) is 0 Å². The van der Waals surface area contributed by atoms with Gasteiger partial charge in [-0.15, -0.1) is 0 Å². The van der Waals surface area contributed by atoms with Gasteiger partial charge in [-0.2, -0.15) is 0 Å². The smallest absolute Gasteiger partial charge is 0.0110 e. The minimum Gasteiger partial charge on any atom is -0.0826 e. The molecule has 1 unspecified atom stereocenters. The van der Waals surface area contributed by atoms with E-state index in [2.05, 4.69) is 29.5 Å². The molecular weight excluding hydrogens is 247 g/mol. The number of hydrogen-bond donors (Lipinski definition) is 0. The van der Waals surface area contributed by atoms with Crippen LogP contribution in [0.2, 0.25) is 0 Å². The molecule has 0 radical (unpaired) electrons. The SMILES string of the molecule is CCC(I)CC1CCCCC1. The second kappa shape index (κ2) is 5.39. The second-order valence-electron chi connectivity index (χ2n) is 3.75. The topological polar surface area (TPSA) is 0 Å². The van der Waals surface area contributed by atoms with Crippen molar-refractivity contribution in [2.75, 3.05) is 0 Å². The molecule has 0 heterocycles. The fourth-order valence-corrected chi connectivity index (χ4v) is 2.67. The number of alkyl halides is 1. The van der Waals surface area contributed by atoms with Gasteiger partial charge in [0.1, 0.15) is 0 Å². The summed E-state index contributed by atoms with van der Waals surface area (Å²) in [5.74, 6) is 1.07. The van der Waals surface area contributed by atoms with E-state index in [1.807, 2.05) is 0 Å². The summed E-state index contributed by atoms with van der Waals surface area (Å²) < 4.78 is 0.940. The van der Waals surface area contributed by atoms with Gasteiger partial charge >= 0.3 is 0 Å². The third kappa shape index (κ3) is 3.77. The highest BCUT2D eigenvalue weighted by molar-refractivity contribution is 14.1. The molecule has 0 amide bonds. The summed E-state index contributed by atoms with van der Waals surface area (Å²) in [4.78, 5) is 0. The largest absolute Gasteiger partial charge is 0.0826 e. The molecule has 1 fully saturated rings. The van der Waals surface area contributed by atoms with Gasteiger partial charge in [-0.1, -0.05) is 61.6 Å². The predicted octanol–water partition coefficient (Wildman–Crippen LogP) is 4.17. The Hall–Kier alpha value is 0.730. The molecule has 1 atom stereocenters. The first-order valence-electron chi connectivity index (χ1n) is 4.97. The lowest BCUT2D eigenvalue weighted by molar-refractivity contribution is 0.338. The Labute approximate surface area is 84.3 Å². The zero-order chi connectivity index (χ0) is 8.10. The lowest BCUT2D eigenvalue weighted by Gasteiger charge is -2.23. The van der Waals surface area contributed by atoms with Gasteiger partial charge in [0.05, 0.1) is 0 Å². The molecule has 0 saturated heterocycles. The van der Waals surface area contributed by atoms with E-state index in [1.165, 1.54) is 44.9 Å². The van der Waals surface area contributed by atoms with Crippen LogP contribution in [-0.4, -0.2) is 3.92 Å². The van der Waals surface area contributed by atoms with Gasteiger partial charge in [-0.25, -0.2) is 0 Å². The monoisotopic (exact) mass is 266 g/mol. The molecular formula is C10H19I. The van der Waals surface area contributed by atoms with E-state index in [9.17, 15) is 0 Å². The van der Waals surface area contributed by atoms with Gasteiger partial charge in [-0.05, 0) is 18.8 Å². The molecule has 0 aromatic rings. The molecule has 1 heteroatoms. The molecule has 0 bridgehead atoms. The molecule has 11 heavy (non-hydrogen) atoms. The van der Waals surface area contributed by atoms with Crippen LogP contribution in [0.5, 0.6) is 0 Å². The van der Waals surface area contributed by atoms with Crippen LogP contribution in [0.25, 0.3) is 0 Å². The maximum Gasteiger partial charge on any atom is 0.0110 e. The van der Waals surface area contributed by atoms with Crippen LogP contribution in [-0.2, 0) is 0 Å². The molecule has 0 aromatic carbocycles. The summed E-state index contributed by atoms with van der Waals surface area (Å²) in [5.41, 5.74) is 0. The van der Waals surface area contributed by atoms with Crippen LogP contribution < -0.4 is 0 Å². The van der Waals surface area contributed by atoms with E-state index >= 15 is 0 Å². The third-order valence-corrected chi connectivity index (χ3v) is 4.15. The van der Waals surface area contributed by atoms with Crippen molar-refractivity contribution in [2.24, 2.45) is 5.92 Å². The second-order valence-corrected chi connectivity index (χ2v) is 5.51. The van der Waals surface area contributed by atoms with E-state index in [-0.39, 0.29) is 0 Å². The first-order chi connectivity index (χ1) is 5.33. The van der Waals surface area contributed by atoms with E-state index in [0.29, 0.717) is 0 Å². The van der Waals surface area contributed by atoms with Gasteiger partial charge in [0.25, 0.3) is 0 Å². The Bertz CT molecular complexity index is 95.0. The van der Waals surface area contributed by atoms with E-state index in [0.717, 1.165) is 9.84 Å². The summed E-state index contributed by atoms with van der Waals surface area (Å²) in [6.45, 7) is 2.31. The van der Waals surface area contributed by atoms with Crippen molar-refractivity contribution in [3.63, 3.8) is 0 Å². The zero-order valence-electron chi connectivity index (χ0n) is 7.48. The van der Waals surface area contributed by atoms with Crippen molar-refractivity contribution < 1.29 is 0 Å². The highest BCUT2D eigenvalue weighted by atomic mass is 127. The van der Waals surface area contributed by atoms with Crippen molar-refractivity contribution in [1.82, 2.24) is 0 Å². The van der Waals surface area contributed by atoms with Crippen LogP contribution in [0.15, 0.2) is 0 Å². The normalized spacial score (nSPS) is 23.5. The number of halogens is 1. The highest BCUT2D eigenvalue weighted by Crippen LogP contribution is 2.29. The Balaban J connectivity index is 2.13. The first kappa shape index (κ1) is 9.82. The van der Waals surface area contributed by atoms with Crippen LogP contribution in [0.4, 0.5) is 0 Å². The molecule has 0 spiro atoms. The van der Waals surface area contributed by atoms with Crippen molar-refractivity contribution in [1.29, 1.82) is 0 Å². The molecule has 1 aliphatic rings. The Morgan fingerprint density at radius 3 is 2.45 bits per heavy atom. The fourth-order valence-electron chi connectivity index (χ4n) is 1.95. The first-order valence-corrected chi connectivity index (χ1v) is 6.21. The molecule has 0 nitrogen and oxygen atoms in total. The lowest BCUT2D eigenvalue weighted by atomic mass is 9.86. The van der Waals surface area contributed by atoms with E-state index < -0.39 is 0 Å². The van der Waals surface area contributed by atoms with E-state index in [1.54, 1.807) is 0 Å². The highest BCUT2D eigenvalue weighted by Gasteiger charge is 2.15. The van der Waals surface area contributed by atoms with Crippen molar-refractivity contribution in [3.05, 3.63) is 0 Å². The Kier molecular flexibility index (Phi) is 4.81. The molecule has 1 rings (SSSR count). The molecule has 0 aliphatic heterocycles. The van der Waals surface area contributed by atoms with Gasteiger partial charge in [-0.3, -0.25) is 0 Å². The third-order valence-electron chi connectivity index (χ3n) is 2.76.